The largest absolute Gasteiger partial charge is 0.496 e. The van der Waals surface area contributed by atoms with E-state index in [0.717, 1.165) is 5.56 Å². The Bertz CT molecular complexity index is 772. The first-order chi connectivity index (χ1) is 10.9. The summed E-state index contributed by atoms with van der Waals surface area (Å²) in [6.45, 7) is 1.84. The lowest BCUT2D eigenvalue weighted by atomic mass is 10.00. The number of ether oxygens (including phenoxy) is 1. The Kier molecular flexibility index (Phi) is 4.81. The number of hydrogen-bond acceptors (Lipinski definition) is 3. The van der Waals surface area contributed by atoms with Crippen LogP contribution in [0.3, 0.4) is 0 Å². The lowest BCUT2D eigenvalue weighted by molar-refractivity contribution is -0.130. The highest BCUT2D eigenvalue weighted by atomic mass is 16.5. The van der Waals surface area contributed by atoms with E-state index in [1.54, 1.807) is 37.4 Å². The minimum absolute atomic E-state index is 0.124. The van der Waals surface area contributed by atoms with Gasteiger partial charge < -0.3 is 14.9 Å². The van der Waals surface area contributed by atoms with Gasteiger partial charge in [-0.15, -0.1) is 0 Å². The van der Waals surface area contributed by atoms with Crippen molar-refractivity contribution in [1.29, 1.82) is 0 Å². The molecule has 0 atom stereocenters. The molecule has 2 aromatic carbocycles. The van der Waals surface area contributed by atoms with E-state index in [1.165, 1.54) is 18.2 Å². The number of methoxy groups -OCH3 is 1. The van der Waals surface area contributed by atoms with Gasteiger partial charge in [0.2, 0.25) is 0 Å². The molecule has 0 aliphatic rings. The van der Waals surface area contributed by atoms with Crippen molar-refractivity contribution in [3.63, 3.8) is 0 Å². The van der Waals surface area contributed by atoms with Gasteiger partial charge in [-0.3, -0.25) is 0 Å². The zero-order chi connectivity index (χ0) is 17.0. The van der Waals surface area contributed by atoms with Crippen molar-refractivity contribution in [1.82, 2.24) is 0 Å². The lowest BCUT2D eigenvalue weighted by Crippen LogP contribution is -2.01. The lowest BCUT2D eigenvalue weighted by Gasteiger charge is -2.08. The highest BCUT2D eigenvalue weighted by Crippen LogP contribution is 2.25. The molecule has 0 bridgehead atoms. The van der Waals surface area contributed by atoms with E-state index >= 15 is 0 Å². The van der Waals surface area contributed by atoms with Crippen molar-refractivity contribution in [2.24, 2.45) is 0 Å². The number of benzene rings is 2. The van der Waals surface area contributed by atoms with Crippen LogP contribution in [0.1, 0.15) is 27.0 Å². The predicted molar refractivity (Wildman–Crippen MR) is 86.6 cm³/mol. The number of hydrogen-bond donors (Lipinski definition) is 2. The first kappa shape index (κ1) is 16.3. The minimum atomic E-state index is -1.06. The van der Waals surface area contributed by atoms with E-state index in [0.29, 0.717) is 16.9 Å². The van der Waals surface area contributed by atoms with Crippen molar-refractivity contribution in [3.8, 4) is 5.75 Å². The van der Waals surface area contributed by atoms with Crippen LogP contribution in [0.5, 0.6) is 5.75 Å². The van der Waals surface area contributed by atoms with Crippen molar-refractivity contribution < 1.29 is 24.5 Å². The van der Waals surface area contributed by atoms with Crippen molar-refractivity contribution in [3.05, 3.63) is 64.7 Å². The number of carboxylic acid groups (broad SMARTS) is 2. The average molecular weight is 312 g/mol. The maximum Gasteiger partial charge on any atom is 0.336 e. The van der Waals surface area contributed by atoms with Gasteiger partial charge in [0, 0.05) is 0 Å². The first-order valence-corrected chi connectivity index (χ1v) is 6.85. The molecule has 0 fully saturated rings. The van der Waals surface area contributed by atoms with Crippen LogP contribution in [0.25, 0.3) is 11.6 Å². The second kappa shape index (κ2) is 6.79. The SMILES string of the molecule is COc1ccc(/C(=C/c2ccc(C(=O)O)cc2)C(=O)O)cc1C. The second-order valence-corrected chi connectivity index (χ2v) is 4.97. The second-order valence-electron chi connectivity index (χ2n) is 4.97. The van der Waals surface area contributed by atoms with E-state index in [4.69, 9.17) is 9.84 Å². The monoisotopic (exact) mass is 312 g/mol. The van der Waals surface area contributed by atoms with Gasteiger partial charge in [-0.1, -0.05) is 18.2 Å². The summed E-state index contributed by atoms with van der Waals surface area (Å²) in [5.41, 5.74) is 2.27. The van der Waals surface area contributed by atoms with Crippen LogP contribution >= 0.6 is 0 Å². The summed E-state index contributed by atoms with van der Waals surface area (Å²) in [5.74, 6) is -1.40. The Morgan fingerprint density at radius 3 is 2.09 bits per heavy atom. The molecular weight excluding hydrogens is 296 g/mol. The normalized spacial score (nSPS) is 11.1. The summed E-state index contributed by atoms with van der Waals surface area (Å²) in [4.78, 5) is 22.4. The molecule has 0 unspecified atom stereocenters. The van der Waals surface area contributed by atoms with Crippen LogP contribution in [0.4, 0.5) is 0 Å². The quantitative estimate of drug-likeness (QED) is 0.653. The van der Waals surface area contributed by atoms with Crippen LogP contribution in [0.2, 0.25) is 0 Å². The fourth-order valence-corrected chi connectivity index (χ4v) is 2.20. The number of carboxylic acids is 2. The van der Waals surface area contributed by atoms with Crippen molar-refractivity contribution in [2.45, 2.75) is 6.92 Å². The van der Waals surface area contributed by atoms with Gasteiger partial charge >= 0.3 is 11.9 Å². The highest BCUT2D eigenvalue weighted by molar-refractivity contribution is 6.20. The number of aromatic carboxylic acids is 1. The van der Waals surface area contributed by atoms with E-state index in [2.05, 4.69) is 0 Å². The van der Waals surface area contributed by atoms with E-state index in [-0.39, 0.29) is 11.1 Å². The molecule has 5 heteroatoms. The summed E-state index contributed by atoms with van der Waals surface area (Å²) in [7, 11) is 1.56. The fourth-order valence-electron chi connectivity index (χ4n) is 2.20. The zero-order valence-electron chi connectivity index (χ0n) is 12.7. The molecular formula is C18H16O5. The fraction of sp³-hybridized carbons (Fsp3) is 0.111. The van der Waals surface area contributed by atoms with Gasteiger partial charge in [0.05, 0.1) is 18.2 Å². The Labute approximate surface area is 133 Å². The van der Waals surface area contributed by atoms with Crippen LogP contribution in [-0.2, 0) is 4.79 Å². The third-order valence-electron chi connectivity index (χ3n) is 3.40. The molecule has 2 N–H and O–H groups in total. The molecule has 2 aromatic rings. The Balaban J connectivity index is 2.43. The number of aryl methyl sites for hydroxylation is 1. The van der Waals surface area contributed by atoms with Crippen LogP contribution in [-0.4, -0.2) is 29.3 Å². The summed E-state index contributed by atoms with van der Waals surface area (Å²) >= 11 is 0. The molecule has 118 valence electrons. The molecule has 0 radical (unpaired) electrons. The summed E-state index contributed by atoms with van der Waals surface area (Å²) in [6.07, 6.45) is 1.51. The summed E-state index contributed by atoms with van der Waals surface area (Å²) in [6, 6.07) is 11.2. The van der Waals surface area contributed by atoms with Crippen LogP contribution in [0.15, 0.2) is 42.5 Å². The molecule has 23 heavy (non-hydrogen) atoms. The van der Waals surface area contributed by atoms with E-state index in [1.807, 2.05) is 6.92 Å². The van der Waals surface area contributed by atoms with Crippen LogP contribution < -0.4 is 4.74 Å². The zero-order valence-corrected chi connectivity index (χ0v) is 12.7. The number of aliphatic carboxylic acids is 1. The van der Waals surface area contributed by atoms with Gasteiger partial charge in [0.1, 0.15) is 5.75 Å². The minimum Gasteiger partial charge on any atom is -0.496 e. The molecule has 0 amide bonds. The maximum absolute atomic E-state index is 11.6. The summed E-state index contributed by atoms with van der Waals surface area (Å²) in [5, 5.41) is 18.3. The molecule has 0 saturated heterocycles. The third-order valence-corrected chi connectivity index (χ3v) is 3.40. The van der Waals surface area contributed by atoms with Crippen LogP contribution in [0, 0.1) is 6.92 Å². The van der Waals surface area contributed by atoms with Gasteiger partial charge in [-0.25, -0.2) is 9.59 Å². The standard InChI is InChI=1S/C18H16O5/c1-11-9-14(7-8-16(11)23-2)15(18(21)22)10-12-3-5-13(6-4-12)17(19)20/h3-10H,1-2H3,(H,19,20)(H,21,22)/b15-10-. The molecule has 0 heterocycles. The average Bonchev–Trinajstić information content (AvgIpc) is 2.52. The van der Waals surface area contributed by atoms with Crippen molar-refractivity contribution in [2.75, 3.05) is 7.11 Å². The Morgan fingerprint density at radius 2 is 1.61 bits per heavy atom. The van der Waals surface area contributed by atoms with Crippen molar-refractivity contribution >= 4 is 23.6 Å². The molecule has 0 aliphatic heterocycles. The number of carbonyl (C=O) groups is 2. The van der Waals surface area contributed by atoms with E-state index < -0.39 is 11.9 Å². The smallest absolute Gasteiger partial charge is 0.336 e. The topological polar surface area (TPSA) is 83.8 Å². The molecule has 0 aromatic heterocycles. The molecule has 0 saturated carbocycles. The van der Waals surface area contributed by atoms with Gasteiger partial charge in [0.25, 0.3) is 0 Å². The molecule has 2 rings (SSSR count). The molecule has 0 aliphatic carbocycles. The Morgan fingerprint density at radius 1 is 1.00 bits per heavy atom. The Hall–Kier alpha value is -3.08. The maximum atomic E-state index is 11.6. The highest BCUT2D eigenvalue weighted by Gasteiger charge is 2.12. The van der Waals surface area contributed by atoms with Gasteiger partial charge in [0.15, 0.2) is 0 Å². The molecule has 5 nitrogen and oxygen atoms in total. The number of rotatable bonds is 5. The molecule has 0 spiro atoms. The summed E-state index contributed by atoms with van der Waals surface area (Å²) < 4.78 is 5.17. The first-order valence-electron chi connectivity index (χ1n) is 6.85. The van der Waals surface area contributed by atoms with Gasteiger partial charge in [-0.2, -0.15) is 0 Å². The van der Waals surface area contributed by atoms with E-state index in [9.17, 15) is 14.7 Å². The van der Waals surface area contributed by atoms with Gasteiger partial charge in [-0.05, 0) is 54.0 Å². The third kappa shape index (κ3) is 3.77. The predicted octanol–water partition coefficient (Wildman–Crippen LogP) is 3.33.